The Morgan fingerprint density at radius 3 is 2.88 bits per heavy atom. The van der Waals surface area contributed by atoms with Crippen LogP contribution >= 0.6 is 0 Å². The van der Waals surface area contributed by atoms with E-state index in [0.717, 1.165) is 12.5 Å². The topological polar surface area (TPSA) is 55.1 Å². The first-order valence-corrected chi connectivity index (χ1v) is 5.40. The van der Waals surface area contributed by atoms with Gasteiger partial charge in [0.15, 0.2) is 0 Å². The van der Waals surface area contributed by atoms with Crippen molar-refractivity contribution in [3.05, 3.63) is 29.6 Å². The van der Waals surface area contributed by atoms with Crippen LogP contribution in [-0.4, -0.2) is 11.9 Å². The van der Waals surface area contributed by atoms with E-state index < -0.39 is 5.82 Å². The number of hydrogen-bond acceptors (Lipinski definition) is 2. The number of rotatable bonds is 4. The van der Waals surface area contributed by atoms with Gasteiger partial charge in [-0.2, -0.15) is 0 Å². The van der Waals surface area contributed by atoms with Gasteiger partial charge in [0.2, 0.25) is 0 Å². The van der Waals surface area contributed by atoms with E-state index in [0.29, 0.717) is 12.0 Å². The molecule has 0 heterocycles. The Labute approximate surface area is 100 Å². The van der Waals surface area contributed by atoms with E-state index in [-0.39, 0.29) is 17.6 Å². The summed E-state index contributed by atoms with van der Waals surface area (Å²) in [5.41, 5.74) is 5.64. The van der Waals surface area contributed by atoms with Gasteiger partial charge in [-0.1, -0.05) is 19.3 Å². The fourth-order valence-corrected chi connectivity index (χ4v) is 1.41. The van der Waals surface area contributed by atoms with Crippen molar-refractivity contribution in [2.45, 2.75) is 25.8 Å². The van der Waals surface area contributed by atoms with Crippen LogP contribution in [0.1, 0.15) is 30.1 Å². The van der Waals surface area contributed by atoms with E-state index in [4.69, 9.17) is 12.2 Å². The molecule has 0 aliphatic heterocycles. The fraction of sp³-hybridized carbons (Fsp3) is 0.308. The van der Waals surface area contributed by atoms with E-state index in [1.165, 1.54) is 12.1 Å². The molecule has 17 heavy (non-hydrogen) atoms. The number of carbonyl (C=O) groups is 1. The van der Waals surface area contributed by atoms with Gasteiger partial charge in [0.25, 0.3) is 5.91 Å². The minimum absolute atomic E-state index is 0.0506. The highest BCUT2D eigenvalue weighted by Gasteiger charge is 2.12. The molecule has 1 amide bonds. The van der Waals surface area contributed by atoms with Gasteiger partial charge in [-0.05, 0) is 24.6 Å². The molecule has 3 N–H and O–H groups in total. The van der Waals surface area contributed by atoms with Crippen molar-refractivity contribution in [1.82, 2.24) is 5.32 Å². The number of benzene rings is 1. The van der Waals surface area contributed by atoms with Gasteiger partial charge >= 0.3 is 0 Å². The van der Waals surface area contributed by atoms with E-state index in [2.05, 4.69) is 11.2 Å². The third-order valence-electron chi connectivity index (χ3n) is 2.34. The first-order valence-electron chi connectivity index (χ1n) is 5.40. The maximum atomic E-state index is 12.9. The van der Waals surface area contributed by atoms with Crippen molar-refractivity contribution in [1.29, 1.82) is 0 Å². The van der Waals surface area contributed by atoms with Crippen LogP contribution in [0.3, 0.4) is 0 Å². The predicted molar refractivity (Wildman–Crippen MR) is 65.8 cm³/mol. The molecule has 0 aromatic heterocycles. The zero-order valence-electron chi connectivity index (χ0n) is 9.66. The van der Waals surface area contributed by atoms with Crippen LogP contribution in [0.2, 0.25) is 0 Å². The summed E-state index contributed by atoms with van der Waals surface area (Å²) in [6, 6.07) is 3.53. The van der Waals surface area contributed by atoms with Crippen LogP contribution in [-0.2, 0) is 0 Å². The second-order valence-electron chi connectivity index (χ2n) is 3.72. The van der Waals surface area contributed by atoms with Gasteiger partial charge in [-0.25, -0.2) is 4.39 Å². The molecule has 0 aliphatic rings. The fourth-order valence-electron chi connectivity index (χ4n) is 1.41. The monoisotopic (exact) mass is 234 g/mol. The SMILES string of the molecule is C#CC(CCC)NC(=O)c1ccc(F)c(N)c1. The third kappa shape index (κ3) is 3.49. The lowest BCUT2D eigenvalue weighted by Gasteiger charge is -2.12. The predicted octanol–water partition coefficient (Wildman–Crippen LogP) is 1.94. The number of anilines is 1. The minimum Gasteiger partial charge on any atom is -0.396 e. The summed E-state index contributed by atoms with van der Waals surface area (Å²) >= 11 is 0. The Hall–Kier alpha value is -2.02. The second kappa shape index (κ2) is 5.90. The first kappa shape index (κ1) is 13.0. The Kier molecular flexibility index (Phi) is 4.53. The molecular formula is C13H15FN2O. The molecule has 0 aliphatic carbocycles. The number of terminal acetylenes is 1. The van der Waals surface area contributed by atoms with Crippen molar-refractivity contribution in [2.75, 3.05) is 5.73 Å². The number of carbonyl (C=O) groups excluding carboxylic acids is 1. The average molecular weight is 234 g/mol. The molecule has 1 rings (SSSR count). The van der Waals surface area contributed by atoms with Gasteiger partial charge in [0, 0.05) is 5.56 Å². The van der Waals surface area contributed by atoms with Crippen molar-refractivity contribution < 1.29 is 9.18 Å². The normalized spacial score (nSPS) is 11.6. The maximum Gasteiger partial charge on any atom is 0.252 e. The number of hydrogen-bond donors (Lipinski definition) is 2. The highest BCUT2D eigenvalue weighted by molar-refractivity contribution is 5.95. The molecule has 0 saturated heterocycles. The number of halogens is 1. The van der Waals surface area contributed by atoms with Gasteiger partial charge in [0.05, 0.1) is 11.7 Å². The van der Waals surface area contributed by atoms with Crippen molar-refractivity contribution >= 4 is 11.6 Å². The first-order chi connectivity index (χ1) is 8.08. The summed E-state index contributed by atoms with van der Waals surface area (Å²) in [7, 11) is 0. The van der Waals surface area contributed by atoms with Gasteiger partial charge < -0.3 is 11.1 Å². The molecular weight excluding hydrogens is 219 g/mol. The number of nitrogen functional groups attached to an aromatic ring is 1. The molecule has 3 nitrogen and oxygen atoms in total. The summed E-state index contributed by atoms with van der Waals surface area (Å²) in [5, 5.41) is 2.68. The molecule has 0 saturated carbocycles. The Morgan fingerprint density at radius 1 is 1.65 bits per heavy atom. The molecule has 90 valence electrons. The van der Waals surface area contributed by atoms with E-state index in [9.17, 15) is 9.18 Å². The lowest BCUT2D eigenvalue weighted by atomic mass is 10.1. The van der Waals surface area contributed by atoms with Crippen molar-refractivity contribution in [3.8, 4) is 12.3 Å². The van der Waals surface area contributed by atoms with Crippen LogP contribution in [0.15, 0.2) is 18.2 Å². The van der Waals surface area contributed by atoms with Gasteiger partial charge in [-0.3, -0.25) is 4.79 Å². The zero-order valence-corrected chi connectivity index (χ0v) is 9.66. The molecule has 0 radical (unpaired) electrons. The van der Waals surface area contributed by atoms with Crippen LogP contribution in [0.4, 0.5) is 10.1 Å². The quantitative estimate of drug-likeness (QED) is 0.618. The Morgan fingerprint density at radius 2 is 2.35 bits per heavy atom. The molecule has 0 bridgehead atoms. The van der Waals surface area contributed by atoms with Gasteiger partial charge in [-0.15, -0.1) is 6.42 Å². The van der Waals surface area contributed by atoms with Crippen molar-refractivity contribution in [3.63, 3.8) is 0 Å². The number of amides is 1. The molecule has 1 aromatic rings. The summed E-state index contributed by atoms with van der Waals surface area (Å²) in [6.45, 7) is 1.98. The van der Waals surface area contributed by atoms with Crippen LogP contribution in [0.5, 0.6) is 0 Å². The smallest absolute Gasteiger partial charge is 0.252 e. The maximum absolute atomic E-state index is 12.9. The average Bonchev–Trinajstić information content (AvgIpc) is 2.31. The summed E-state index contributed by atoms with van der Waals surface area (Å²) in [4.78, 5) is 11.8. The standard InChI is InChI=1S/C13H15FN2O/c1-3-5-10(4-2)16-13(17)9-6-7-11(14)12(15)8-9/h2,6-8,10H,3,5,15H2,1H3,(H,16,17). The van der Waals surface area contributed by atoms with Crippen LogP contribution in [0.25, 0.3) is 0 Å². The minimum atomic E-state index is -0.538. The van der Waals surface area contributed by atoms with Crippen LogP contribution < -0.4 is 11.1 Å². The summed E-state index contributed by atoms with van der Waals surface area (Å²) in [6.07, 6.45) is 6.87. The van der Waals surface area contributed by atoms with E-state index in [1.54, 1.807) is 0 Å². The van der Waals surface area contributed by atoms with E-state index in [1.807, 2.05) is 6.92 Å². The highest BCUT2D eigenvalue weighted by Crippen LogP contribution is 2.12. The lowest BCUT2D eigenvalue weighted by molar-refractivity contribution is 0.0944. The molecule has 1 atom stereocenters. The van der Waals surface area contributed by atoms with Crippen molar-refractivity contribution in [2.24, 2.45) is 0 Å². The summed E-state index contributed by atoms with van der Waals surface area (Å²) < 4.78 is 12.9. The molecule has 0 spiro atoms. The Bertz CT molecular complexity index is 451. The van der Waals surface area contributed by atoms with E-state index >= 15 is 0 Å². The third-order valence-corrected chi connectivity index (χ3v) is 2.34. The second-order valence-corrected chi connectivity index (χ2v) is 3.72. The molecule has 0 fully saturated rings. The summed E-state index contributed by atoms with van der Waals surface area (Å²) in [5.74, 6) is 1.61. The number of nitrogens with one attached hydrogen (secondary N) is 1. The number of nitrogens with two attached hydrogens (primary N) is 1. The van der Waals surface area contributed by atoms with Gasteiger partial charge in [0.1, 0.15) is 5.82 Å². The highest BCUT2D eigenvalue weighted by atomic mass is 19.1. The molecule has 1 unspecified atom stereocenters. The molecule has 1 aromatic carbocycles. The van der Waals surface area contributed by atoms with Crippen LogP contribution in [0, 0.1) is 18.2 Å². The molecule has 4 heteroatoms. The zero-order chi connectivity index (χ0) is 12.8. The largest absolute Gasteiger partial charge is 0.396 e. The Balaban J connectivity index is 2.76. The lowest BCUT2D eigenvalue weighted by Crippen LogP contribution is -2.33.